The number of nitrogens with zero attached hydrogens (tertiary/aromatic N) is 1. The van der Waals surface area contributed by atoms with Gasteiger partial charge in [0.1, 0.15) is 5.75 Å². The molecule has 0 bridgehead atoms. The van der Waals surface area contributed by atoms with Crippen LogP contribution in [0.15, 0.2) is 24.3 Å². The topological polar surface area (TPSA) is 52.6 Å². The molecular weight excluding hydrogens is 216 g/mol. The lowest BCUT2D eigenvalue weighted by Gasteiger charge is -2.32. The Kier molecular flexibility index (Phi) is 3.52. The summed E-state index contributed by atoms with van der Waals surface area (Å²) >= 11 is 0. The van der Waals surface area contributed by atoms with Gasteiger partial charge in [0, 0.05) is 31.7 Å². The molecule has 4 nitrogen and oxygen atoms in total. The van der Waals surface area contributed by atoms with Crippen LogP contribution in [-0.4, -0.2) is 35.0 Å². The molecule has 0 saturated carbocycles. The molecule has 2 N–H and O–H groups in total. The molecule has 0 aromatic heterocycles. The van der Waals surface area contributed by atoms with E-state index >= 15 is 0 Å². The van der Waals surface area contributed by atoms with Crippen LogP contribution in [0.1, 0.15) is 19.8 Å². The molecule has 0 atom stereocenters. The van der Waals surface area contributed by atoms with Crippen LogP contribution >= 0.6 is 0 Å². The first-order valence-electron chi connectivity index (χ1n) is 5.96. The molecule has 0 aliphatic carbocycles. The summed E-state index contributed by atoms with van der Waals surface area (Å²) in [7, 11) is 0. The highest BCUT2D eigenvalue weighted by Gasteiger charge is 2.20. The van der Waals surface area contributed by atoms with Crippen molar-refractivity contribution < 1.29 is 9.90 Å². The summed E-state index contributed by atoms with van der Waals surface area (Å²) < 4.78 is 0. The van der Waals surface area contributed by atoms with Crippen LogP contribution in [0.2, 0.25) is 0 Å². The highest BCUT2D eigenvalue weighted by atomic mass is 16.3. The zero-order valence-electron chi connectivity index (χ0n) is 10.0. The van der Waals surface area contributed by atoms with Gasteiger partial charge >= 0.3 is 0 Å². The molecule has 1 amide bonds. The fourth-order valence-electron chi connectivity index (χ4n) is 2.13. The number of anilines is 1. The lowest BCUT2D eigenvalue weighted by Crippen LogP contribution is -2.41. The van der Waals surface area contributed by atoms with Gasteiger partial charge in [0.2, 0.25) is 5.91 Å². The fourth-order valence-corrected chi connectivity index (χ4v) is 2.13. The molecule has 1 aliphatic heterocycles. The van der Waals surface area contributed by atoms with Crippen LogP contribution in [0.3, 0.4) is 0 Å². The molecule has 4 heteroatoms. The highest BCUT2D eigenvalue weighted by molar-refractivity contribution is 5.73. The van der Waals surface area contributed by atoms with Gasteiger partial charge in [0.25, 0.3) is 0 Å². The van der Waals surface area contributed by atoms with Gasteiger partial charge in [-0.1, -0.05) is 0 Å². The minimum absolute atomic E-state index is 0.160. The normalized spacial score (nSPS) is 16.9. The summed E-state index contributed by atoms with van der Waals surface area (Å²) in [6.07, 6.45) is 1.95. The van der Waals surface area contributed by atoms with E-state index in [0.717, 1.165) is 31.6 Å². The predicted molar refractivity (Wildman–Crippen MR) is 67.0 cm³/mol. The number of hydrogen-bond donors (Lipinski definition) is 2. The summed E-state index contributed by atoms with van der Waals surface area (Å²) in [6.45, 7) is 3.27. The van der Waals surface area contributed by atoms with Gasteiger partial charge in [0.05, 0.1) is 0 Å². The summed E-state index contributed by atoms with van der Waals surface area (Å²) in [5, 5.41) is 12.6. The minimum atomic E-state index is 0.160. The number of aromatic hydroxyl groups is 1. The van der Waals surface area contributed by atoms with E-state index in [9.17, 15) is 9.90 Å². The van der Waals surface area contributed by atoms with E-state index in [1.165, 1.54) is 0 Å². The van der Waals surface area contributed by atoms with Crippen LogP contribution < -0.4 is 5.32 Å². The van der Waals surface area contributed by atoms with Crippen molar-refractivity contribution in [2.45, 2.75) is 25.8 Å². The first-order valence-corrected chi connectivity index (χ1v) is 5.96. The second-order valence-corrected chi connectivity index (χ2v) is 4.47. The van der Waals surface area contributed by atoms with Crippen molar-refractivity contribution in [3.63, 3.8) is 0 Å². The average molecular weight is 234 g/mol. The van der Waals surface area contributed by atoms with E-state index < -0.39 is 0 Å². The standard InChI is InChI=1S/C13H18N2O2/c1-10(16)15-8-6-12(7-9-15)14-11-2-4-13(17)5-3-11/h2-5,12,14,17H,6-9H2,1H3. The number of nitrogens with one attached hydrogen (secondary N) is 1. The third kappa shape index (κ3) is 3.12. The van der Waals surface area contributed by atoms with Crippen molar-refractivity contribution in [2.24, 2.45) is 0 Å². The third-order valence-electron chi connectivity index (χ3n) is 3.18. The molecule has 1 saturated heterocycles. The number of likely N-dealkylation sites (tertiary alicyclic amines) is 1. The Morgan fingerprint density at radius 1 is 1.29 bits per heavy atom. The SMILES string of the molecule is CC(=O)N1CCC(Nc2ccc(O)cc2)CC1. The third-order valence-corrected chi connectivity index (χ3v) is 3.18. The van der Waals surface area contributed by atoms with E-state index in [1.807, 2.05) is 17.0 Å². The highest BCUT2D eigenvalue weighted by Crippen LogP contribution is 2.18. The maximum absolute atomic E-state index is 11.2. The monoisotopic (exact) mass is 234 g/mol. The Bertz CT molecular complexity index is 381. The number of phenolic OH excluding ortho intramolecular Hbond substituents is 1. The molecule has 92 valence electrons. The van der Waals surface area contributed by atoms with Crippen LogP contribution in [-0.2, 0) is 4.79 Å². The van der Waals surface area contributed by atoms with Crippen molar-refractivity contribution in [3.8, 4) is 5.75 Å². The minimum Gasteiger partial charge on any atom is -0.508 e. The number of carbonyl (C=O) groups excluding carboxylic acids is 1. The van der Waals surface area contributed by atoms with Gasteiger partial charge in [-0.15, -0.1) is 0 Å². The quantitative estimate of drug-likeness (QED) is 0.767. The Labute approximate surface area is 101 Å². The van der Waals surface area contributed by atoms with Crippen molar-refractivity contribution in [1.82, 2.24) is 4.90 Å². The van der Waals surface area contributed by atoms with E-state index in [2.05, 4.69) is 5.32 Å². The molecule has 0 spiro atoms. The van der Waals surface area contributed by atoms with E-state index in [4.69, 9.17) is 0 Å². The van der Waals surface area contributed by atoms with Gasteiger partial charge < -0.3 is 15.3 Å². The molecule has 2 rings (SSSR count). The number of rotatable bonds is 2. The fraction of sp³-hybridized carbons (Fsp3) is 0.462. The molecule has 1 aromatic rings. The van der Waals surface area contributed by atoms with E-state index in [1.54, 1.807) is 19.1 Å². The molecule has 0 radical (unpaired) electrons. The second-order valence-electron chi connectivity index (χ2n) is 4.47. The van der Waals surface area contributed by atoms with Gasteiger partial charge in [-0.05, 0) is 37.1 Å². The van der Waals surface area contributed by atoms with Crippen molar-refractivity contribution in [1.29, 1.82) is 0 Å². The van der Waals surface area contributed by atoms with Crippen molar-refractivity contribution in [2.75, 3.05) is 18.4 Å². The number of piperidine rings is 1. The summed E-state index contributed by atoms with van der Waals surface area (Å²) in [5.41, 5.74) is 1.02. The van der Waals surface area contributed by atoms with Crippen LogP contribution in [0.5, 0.6) is 5.75 Å². The first-order chi connectivity index (χ1) is 8.15. The van der Waals surface area contributed by atoms with Crippen molar-refractivity contribution in [3.05, 3.63) is 24.3 Å². The lowest BCUT2D eigenvalue weighted by molar-refractivity contribution is -0.129. The zero-order valence-corrected chi connectivity index (χ0v) is 10.0. The van der Waals surface area contributed by atoms with Gasteiger partial charge in [-0.3, -0.25) is 4.79 Å². The van der Waals surface area contributed by atoms with Crippen LogP contribution in [0.25, 0.3) is 0 Å². The average Bonchev–Trinajstić information content (AvgIpc) is 2.33. The Morgan fingerprint density at radius 3 is 2.41 bits per heavy atom. The molecule has 17 heavy (non-hydrogen) atoms. The Hall–Kier alpha value is -1.71. The first kappa shape index (κ1) is 11.8. The summed E-state index contributed by atoms with van der Waals surface area (Å²) in [4.78, 5) is 13.1. The van der Waals surface area contributed by atoms with Crippen molar-refractivity contribution >= 4 is 11.6 Å². The number of phenols is 1. The van der Waals surface area contributed by atoms with Gasteiger partial charge in [-0.25, -0.2) is 0 Å². The maximum atomic E-state index is 11.2. The van der Waals surface area contributed by atoms with E-state index in [0.29, 0.717) is 6.04 Å². The molecule has 1 heterocycles. The largest absolute Gasteiger partial charge is 0.508 e. The molecule has 0 unspecified atom stereocenters. The Morgan fingerprint density at radius 2 is 1.88 bits per heavy atom. The number of benzene rings is 1. The molecular formula is C13H18N2O2. The molecule has 1 aliphatic rings. The number of hydrogen-bond acceptors (Lipinski definition) is 3. The summed E-state index contributed by atoms with van der Waals surface area (Å²) in [5.74, 6) is 0.440. The van der Waals surface area contributed by atoms with Gasteiger partial charge in [0.15, 0.2) is 0 Å². The van der Waals surface area contributed by atoms with Crippen LogP contribution in [0, 0.1) is 0 Å². The lowest BCUT2D eigenvalue weighted by atomic mass is 10.0. The summed E-state index contributed by atoms with van der Waals surface area (Å²) in [6, 6.07) is 7.49. The van der Waals surface area contributed by atoms with Gasteiger partial charge in [-0.2, -0.15) is 0 Å². The maximum Gasteiger partial charge on any atom is 0.219 e. The predicted octanol–water partition coefficient (Wildman–Crippen LogP) is 1.82. The number of carbonyl (C=O) groups is 1. The molecule has 1 fully saturated rings. The molecule has 1 aromatic carbocycles. The number of amides is 1. The Balaban J connectivity index is 1.85. The van der Waals surface area contributed by atoms with Crippen LogP contribution in [0.4, 0.5) is 5.69 Å². The zero-order chi connectivity index (χ0) is 12.3. The smallest absolute Gasteiger partial charge is 0.219 e. The van der Waals surface area contributed by atoms with E-state index in [-0.39, 0.29) is 11.7 Å². The second kappa shape index (κ2) is 5.08.